The highest BCUT2D eigenvalue weighted by Crippen LogP contribution is 2.38. The number of ether oxygens (including phenoxy) is 1. The van der Waals surface area contributed by atoms with Crippen molar-refractivity contribution < 1.29 is 14.6 Å². The minimum atomic E-state index is 0.00735. The molecule has 2 aliphatic heterocycles. The van der Waals surface area contributed by atoms with Crippen molar-refractivity contribution in [2.45, 2.75) is 31.5 Å². The summed E-state index contributed by atoms with van der Waals surface area (Å²) in [6, 6.07) is 0. The van der Waals surface area contributed by atoms with Gasteiger partial charge >= 0.3 is 0 Å². The Morgan fingerprint density at radius 1 is 1.54 bits per heavy atom. The number of aliphatic hydroxyl groups excluding tert-OH is 1. The summed E-state index contributed by atoms with van der Waals surface area (Å²) >= 11 is 0. The van der Waals surface area contributed by atoms with Gasteiger partial charge in [0.05, 0.1) is 24.7 Å². The van der Waals surface area contributed by atoms with Crippen molar-refractivity contribution in [3.63, 3.8) is 0 Å². The van der Waals surface area contributed by atoms with Crippen LogP contribution in [0.15, 0.2) is 0 Å². The van der Waals surface area contributed by atoms with Gasteiger partial charge < -0.3 is 15.2 Å². The number of nitrogens with one attached hydrogen (secondary N) is 1. The number of carbonyl (C=O) groups is 1. The van der Waals surface area contributed by atoms with Gasteiger partial charge in [-0.05, 0) is 19.3 Å². The van der Waals surface area contributed by atoms with E-state index in [4.69, 9.17) is 9.84 Å². The van der Waals surface area contributed by atoms with E-state index >= 15 is 0 Å². The molecule has 0 aromatic rings. The van der Waals surface area contributed by atoms with Crippen molar-refractivity contribution >= 4 is 5.91 Å². The van der Waals surface area contributed by atoms with Crippen LogP contribution in [0.25, 0.3) is 0 Å². The first-order valence-electron chi connectivity index (χ1n) is 4.85. The highest BCUT2D eigenvalue weighted by molar-refractivity contribution is 5.79. The number of hydrogen-bond acceptors (Lipinski definition) is 3. The van der Waals surface area contributed by atoms with E-state index in [1.165, 1.54) is 0 Å². The number of aliphatic hydroxyl groups is 1. The van der Waals surface area contributed by atoms with E-state index < -0.39 is 0 Å². The van der Waals surface area contributed by atoms with Gasteiger partial charge in [-0.15, -0.1) is 0 Å². The Hall–Kier alpha value is -0.610. The summed E-state index contributed by atoms with van der Waals surface area (Å²) in [5.41, 5.74) is 0. The normalized spacial score (nSPS) is 36.5. The second-order valence-corrected chi connectivity index (χ2v) is 3.73. The molecule has 0 aromatic heterocycles. The lowest BCUT2D eigenvalue weighted by Gasteiger charge is -2.17. The fraction of sp³-hybridized carbons (Fsp3) is 0.889. The number of carbonyl (C=O) groups excluding carboxylic acids is 1. The number of amides is 1. The van der Waals surface area contributed by atoms with Gasteiger partial charge in [-0.3, -0.25) is 4.79 Å². The van der Waals surface area contributed by atoms with Crippen LogP contribution >= 0.6 is 0 Å². The van der Waals surface area contributed by atoms with Crippen molar-refractivity contribution in [3.8, 4) is 0 Å². The van der Waals surface area contributed by atoms with Crippen LogP contribution < -0.4 is 5.32 Å². The maximum atomic E-state index is 11.5. The fourth-order valence-electron chi connectivity index (χ4n) is 2.22. The number of fused-ring (bicyclic) bond motifs is 2. The molecule has 0 saturated carbocycles. The molecule has 2 aliphatic rings. The van der Waals surface area contributed by atoms with Gasteiger partial charge in [0, 0.05) is 6.54 Å². The van der Waals surface area contributed by atoms with Gasteiger partial charge in [0.15, 0.2) is 0 Å². The SMILES string of the molecule is O=C(NCCO)[C@@H]1C[C@H]2CC[C@@H]1O2. The third-order valence-corrected chi connectivity index (χ3v) is 2.85. The van der Waals surface area contributed by atoms with Crippen LogP contribution in [0.2, 0.25) is 0 Å². The van der Waals surface area contributed by atoms with Crippen molar-refractivity contribution in [3.05, 3.63) is 0 Å². The van der Waals surface area contributed by atoms with Crippen LogP contribution in [0.5, 0.6) is 0 Å². The third kappa shape index (κ3) is 1.69. The molecule has 13 heavy (non-hydrogen) atoms. The summed E-state index contributed by atoms with van der Waals surface area (Å²) in [6.45, 7) is 0.361. The van der Waals surface area contributed by atoms with Crippen LogP contribution in [0.3, 0.4) is 0 Å². The number of rotatable bonds is 3. The first-order valence-corrected chi connectivity index (χ1v) is 4.85. The molecule has 2 saturated heterocycles. The zero-order valence-corrected chi connectivity index (χ0v) is 7.53. The molecule has 2 N–H and O–H groups in total. The molecule has 0 spiro atoms. The predicted molar refractivity (Wildman–Crippen MR) is 46.1 cm³/mol. The highest BCUT2D eigenvalue weighted by atomic mass is 16.5. The molecule has 0 aromatic carbocycles. The van der Waals surface area contributed by atoms with Gasteiger partial charge in [-0.2, -0.15) is 0 Å². The fourth-order valence-corrected chi connectivity index (χ4v) is 2.22. The molecule has 2 bridgehead atoms. The van der Waals surface area contributed by atoms with Crippen molar-refractivity contribution in [1.82, 2.24) is 5.32 Å². The molecular formula is C9H15NO3. The van der Waals surface area contributed by atoms with E-state index in [1.54, 1.807) is 0 Å². The smallest absolute Gasteiger partial charge is 0.225 e. The van der Waals surface area contributed by atoms with Gasteiger partial charge in [-0.1, -0.05) is 0 Å². The van der Waals surface area contributed by atoms with Crippen LogP contribution in [0.1, 0.15) is 19.3 Å². The quantitative estimate of drug-likeness (QED) is 0.632. The summed E-state index contributed by atoms with van der Waals surface area (Å²) < 4.78 is 5.56. The monoisotopic (exact) mass is 185 g/mol. The molecule has 0 radical (unpaired) electrons. The van der Waals surface area contributed by atoms with E-state index in [1.807, 2.05) is 0 Å². The second kappa shape index (κ2) is 3.64. The van der Waals surface area contributed by atoms with E-state index in [-0.39, 0.29) is 24.5 Å². The minimum absolute atomic E-state index is 0.00735. The minimum Gasteiger partial charge on any atom is -0.395 e. The molecule has 4 heteroatoms. The maximum absolute atomic E-state index is 11.5. The lowest BCUT2D eigenvalue weighted by Crippen LogP contribution is -2.37. The van der Waals surface area contributed by atoms with Crippen LogP contribution in [-0.4, -0.2) is 36.4 Å². The van der Waals surface area contributed by atoms with Crippen LogP contribution in [0.4, 0.5) is 0 Å². The van der Waals surface area contributed by atoms with Crippen LogP contribution in [-0.2, 0) is 9.53 Å². The Morgan fingerprint density at radius 3 is 2.92 bits per heavy atom. The number of hydrogen-bond donors (Lipinski definition) is 2. The summed E-state index contributed by atoms with van der Waals surface area (Å²) in [5, 5.41) is 11.2. The molecule has 4 nitrogen and oxygen atoms in total. The molecule has 3 atom stereocenters. The summed E-state index contributed by atoms with van der Waals surface area (Å²) in [4.78, 5) is 11.5. The zero-order chi connectivity index (χ0) is 9.26. The molecule has 0 aliphatic carbocycles. The van der Waals surface area contributed by atoms with E-state index in [9.17, 15) is 4.79 Å². The molecule has 2 rings (SSSR count). The van der Waals surface area contributed by atoms with Gasteiger partial charge in [0.2, 0.25) is 5.91 Å². The molecule has 2 heterocycles. The molecule has 0 unspecified atom stereocenters. The van der Waals surface area contributed by atoms with Gasteiger partial charge in [-0.25, -0.2) is 0 Å². The molecular weight excluding hydrogens is 170 g/mol. The Labute approximate surface area is 77.3 Å². The highest BCUT2D eigenvalue weighted by Gasteiger charge is 2.44. The molecule has 2 fully saturated rings. The Kier molecular flexibility index (Phi) is 2.51. The Morgan fingerprint density at radius 2 is 2.38 bits per heavy atom. The lowest BCUT2D eigenvalue weighted by atomic mass is 9.88. The Balaban J connectivity index is 1.84. The second-order valence-electron chi connectivity index (χ2n) is 3.73. The first-order chi connectivity index (χ1) is 6.31. The topological polar surface area (TPSA) is 58.6 Å². The van der Waals surface area contributed by atoms with Gasteiger partial charge in [0.1, 0.15) is 0 Å². The standard InChI is InChI=1S/C9H15NO3/c11-4-3-10-9(12)7-5-6-1-2-8(7)13-6/h6-8,11H,1-5H2,(H,10,12)/t6-,7-,8+/m1/s1. The summed E-state index contributed by atoms with van der Waals surface area (Å²) in [5.74, 6) is 0.0755. The Bertz CT molecular complexity index is 207. The van der Waals surface area contributed by atoms with E-state index in [0.717, 1.165) is 19.3 Å². The van der Waals surface area contributed by atoms with Crippen LogP contribution in [0, 0.1) is 5.92 Å². The average Bonchev–Trinajstić information content (AvgIpc) is 2.74. The zero-order valence-electron chi connectivity index (χ0n) is 7.53. The first kappa shape index (κ1) is 8.97. The lowest BCUT2D eigenvalue weighted by molar-refractivity contribution is -0.126. The largest absolute Gasteiger partial charge is 0.395 e. The van der Waals surface area contributed by atoms with E-state index in [0.29, 0.717) is 12.6 Å². The third-order valence-electron chi connectivity index (χ3n) is 2.85. The van der Waals surface area contributed by atoms with Crippen molar-refractivity contribution in [2.75, 3.05) is 13.2 Å². The maximum Gasteiger partial charge on any atom is 0.225 e. The molecule has 74 valence electrons. The predicted octanol–water partition coefficient (Wildman–Crippen LogP) is -0.338. The molecule has 1 amide bonds. The summed E-state index contributed by atoms with van der Waals surface area (Å²) in [6.07, 6.45) is 3.44. The average molecular weight is 185 g/mol. The summed E-state index contributed by atoms with van der Waals surface area (Å²) in [7, 11) is 0. The van der Waals surface area contributed by atoms with Crippen molar-refractivity contribution in [2.24, 2.45) is 5.92 Å². The van der Waals surface area contributed by atoms with E-state index in [2.05, 4.69) is 5.32 Å². The van der Waals surface area contributed by atoms with Crippen molar-refractivity contribution in [1.29, 1.82) is 0 Å². The van der Waals surface area contributed by atoms with Gasteiger partial charge in [0.25, 0.3) is 0 Å².